The number of nitriles is 2. The lowest BCUT2D eigenvalue weighted by Gasteiger charge is -2.39. The number of halogens is 3. The Morgan fingerprint density at radius 1 is 1.18 bits per heavy atom. The highest BCUT2D eigenvalue weighted by Crippen LogP contribution is 2.41. The smallest absolute Gasteiger partial charge is 0.283 e. The third-order valence-corrected chi connectivity index (χ3v) is 5.99. The van der Waals surface area contributed by atoms with Crippen molar-refractivity contribution in [2.75, 3.05) is 18.0 Å². The van der Waals surface area contributed by atoms with Gasteiger partial charge in [0, 0.05) is 30.2 Å². The van der Waals surface area contributed by atoms with Crippen LogP contribution in [0.2, 0.25) is 5.02 Å². The zero-order valence-electron chi connectivity index (χ0n) is 17.1. The molecule has 1 aromatic carbocycles. The van der Waals surface area contributed by atoms with Crippen molar-refractivity contribution in [3.05, 3.63) is 51.9 Å². The summed E-state index contributed by atoms with van der Waals surface area (Å²) in [5.74, 6) is 0.423. The van der Waals surface area contributed by atoms with Crippen LogP contribution in [0.3, 0.4) is 0 Å². The van der Waals surface area contributed by atoms with Crippen molar-refractivity contribution < 1.29 is 13.9 Å². The maximum Gasteiger partial charge on any atom is 0.283 e. The van der Waals surface area contributed by atoms with E-state index in [-0.39, 0.29) is 34.9 Å². The minimum absolute atomic E-state index is 0.0181. The topological polar surface area (TPSA) is 114 Å². The molecule has 164 valence electrons. The molecule has 0 spiro atoms. The number of fused-ring (bicyclic) bond motifs is 2. The van der Waals surface area contributed by atoms with E-state index in [0.29, 0.717) is 33.5 Å². The SMILES string of the molecule is Cc1nc2c(C#N)c(C(F)F)nn2c(N2CC(O)C2)c1-c1ccnc2c(C#N)c(Cl)ccc12. The second-order valence-electron chi connectivity index (χ2n) is 7.65. The summed E-state index contributed by atoms with van der Waals surface area (Å²) in [4.78, 5) is 10.6. The van der Waals surface area contributed by atoms with E-state index in [2.05, 4.69) is 21.1 Å². The number of pyridine rings is 1. The van der Waals surface area contributed by atoms with Gasteiger partial charge in [0.1, 0.15) is 29.2 Å². The van der Waals surface area contributed by atoms with Crippen molar-refractivity contribution in [1.29, 1.82) is 10.5 Å². The summed E-state index contributed by atoms with van der Waals surface area (Å²) in [6.45, 7) is 2.23. The fourth-order valence-electron chi connectivity index (χ4n) is 4.17. The zero-order chi connectivity index (χ0) is 23.4. The Hall–Kier alpha value is -3.86. The fraction of sp³-hybridized carbons (Fsp3) is 0.227. The molecule has 33 heavy (non-hydrogen) atoms. The molecule has 0 amide bonds. The number of benzene rings is 1. The number of rotatable bonds is 3. The summed E-state index contributed by atoms with van der Waals surface area (Å²) in [6.07, 6.45) is -2.01. The van der Waals surface area contributed by atoms with Crippen LogP contribution < -0.4 is 4.90 Å². The lowest BCUT2D eigenvalue weighted by atomic mass is 9.97. The van der Waals surface area contributed by atoms with Gasteiger partial charge >= 0.3 is 0 Å². The summed E-state index contributed by atoms with van der Waals surface area (Å²) in [6, 6.07) is 8.92. The van der Waals surface area contributed by atoms with Gasteiger partial charge < -0.3 is 10.0 Å². The molecule has 3 aromatic heterocycles. The molecule has 1 aliphatic heterocycles. The Kier molecular flexibility index (Phi) is 4.85. The van der Waals surface area contributed by atoms with Gasteiger partial charge in [-0.3, -0.25) is 4.98 Å². The second-order valence-corrected chi connectivity index (χ2v) is 8.06. The molecule has 4 heterocycles. The van der Waals surface area contributed by atoms with E-state index in [0.717, 1.165) is 0 Å². The Labute approximate surface area is 190 Å². The van der Waals surface area contributed by atoms with E-state index < -0.39 is 18.2 Å². The Bertz CT molecular complexity index is 1530. The van der Waals surface area contributed by atoms with E-state index in [9.17, 15) is 24.4 Å². The van der Waals surface area contributed by atoms with Gasteiger partial charge in [-0.25, -0.2) is 13.8 Å². The maximum absolute atomic E-state index is 13.6. The molecule has 1 saturated heterocycles. The van der Waals surface area contributed by atoms with Crippen molar-refractivity contribution >= 4 is 34.0 Å². The number of aromatic nitrogens is 4. The quantitative estimate of drug-likeness (QED) is 0.489. The number of aliphatic hydroxyl groups excluding tert-OH is 1. The van der Waals surface area contributed by atoms with Crippen LogP contribution in [-0.4, -0.2) is 43.9 Å². The first-order chi connectivity index (χ1) is 15.8. The van der Waals surface area contributed by atoms with E-state index >= 15 is 0 Å². The molecule has 0 aliphatic carbocycles. The van der Waals surface area contributed by atoms with Crippen LogP contribution in [0, 0.1) is 29.6 Å². The van der Waals surface area contributed by atoms with E-state index in [1.165, 1.54) is 10.7 Å². The average molecular weight is 466 g/mol. The highest BCUT2D eigenvalue weighted by Gasteiger charge is 2.33. The molecule has 0 atom stereocenters. The van der Waals surface area contributed by atoms with Gasteiger partial charge in [-0.05, 0) is 24.6 Å². The number of anilines is 1. The van der Waals surface area contributed by atoms with Crippen molar-refractivity contribution in [3.8, 4) is 23.3 Å². The number of hydrogen-bond donors (Lipinski definition) is 1. The monoisotopic (exact) mass is 465 g/mol. The van der Waals surface area contributed by atoms with Crippen LogP contribution in [-0.2, 0) is 0 Å². The van der Waals surface area contributed by atoms with Crippen LogP contribution in [0.25, 0.3) is 27.7 Å². The fourth-order valence-corrected chi connectivity index (χ4v) is 4.37. The molecule has 0 saturated carbocycles. The summed E-state index contributed by atoms with van der Waals surface area (Å²) in [5.41, 5.74) is 1.37. The zero-order valence-corrected chi connectivity index (χ0v) is 17.8. The Morgan fingerprint density at radius 3 is 2.55 bits per heavy atom. The first-order valence-electron chi connectivity index (χ1n) is 9.87. The minimum atomic E-state index is -2.96. The Morgan fingerprint density at radius 2 is 1.91 bits per heavy atom. The van der Waals surface area contributed by atoms with E-state index in [1.54, 1.807) is 36.1 Å². The predicted octanol–water partition coefficient (Wildman–Crippen LogP) is 3.77. The van der Waals surface area contributed by atoms with Gasteiger partial charge in [-0.2, -0.15) is 20.1 Å². The first-order valence-corrected chi connectivity index (χ1v) is 10.3. The van der Waals surface area contributed by atoms with Gasteiger partial charge in [0.05, 0.1) is 27.9 Å². The largest absolute Gasteiger partial charge is 0.389 e. The van der Waals surface area contributed by atoms with Gasteiger partial charge in [-0.15, -0.1) is 0 Å². The second kappa shape index (κ2) is 7.62. The minimum Gasteiger partial charge on any atom is -0.389 e. The molecule has 1 fully saturated rings. The third-order valence-electron chi connectivity index (χ3n) is 5.67. The molecule has 5 rings (SSSR count). The van der Waals surface area contributed by atoms with Gasteiger partial charge in [0.2, 0.25) is 0 Å². The summed E-state index contributed by atoms with van der Waals surface area (Å²) in [7, 11) is 0. The highest BCUT2D eigenvalue weighted by molar-refractivity contribution is 6.32. The van der Waals surface area contributed by atoms with Crippen LogP contribution in [0.1, 0.15) is 28.9 Å². The third kappa shape index (κ3) is 3.07. The van der Waals surface area contributed by atoms with Gasteiger partial charge in [0.25, 0.3) is 6.43 Å². The molecule has 0 radical (unpaired) electrons. The molecule has 0 unspecified atom stereocenters. The molecule has 11 heteroatoms. The van der Waals surface area contributed by atoms with Crippen molar-refractivity contribution in [2.45, 2.75) is 19.5 Å². The maximum atomic E-state index is 13.6. The molecule has 0 bridgehead atoms. The van der Waals surface area contributed by atoms with Crippen molar-refractivity contribution in [2.24, 2.45) is 0 Å². The number of aliphatic hydroxyl groups is 1. The van der Waals surface area contributed by atoms with E-state index in [1.807, 2.05) is 0 Å². The summed E-state index contributed by atoms with van der Waals surface area (Å²) >= 11 is 6.18. The lowest BCUT2D eigenvalue weighted by Crippen LogP contribution is -2.51. The molecular weight excluding hydrogens is 452 g/mol. The highest BCUT2D eigenvalue weighted by atomic mass is 35.5. The molecule has 1 aliphatic rings. The molecular formula is C22H14ClF2N7O. The van der Waals surface area contributed by atoms with Crippen LogP contribution in [0.4, 0.5) is 14.6 Å². The average Bonchev–Trinajstić information content (AvgIpc) is 3.14. The number of β-amino-alcohol motifs (C(OH)–C–C–N with tert-alkyl or cyclic N) is 1. The number of hydrogen-bond acceptors (Lipinski definition) is 7. The van der Waals surface area contributed by atoms with Gasteiger partial charge in [0.15, 0.2) is 5.65 Å². The first kappa shape index (κ1) is 21.0. The predicted molar refractivity (Wildman–Crippen MR) is 116 cm³/mol. The van der Waals surface area contributed by atoms with Crippen LogP contribution in [0.15, 0.2) is 24.4 Å². The van der Waals surface area contributed by atoms with Crippen molar-refractivity contribution in [3.63, 3.8) is 0 Å². The molecule has 1 N–H and O–H groups in total. The molecule has 8 nitrogen and oxygen atoms in total. The number of nitrogens with zero attached hydrogens (tertiary/aromatic N) is 7. The van der Waals surface area contributed by atoms with Crippen molar-refractivity contribution in [1.82, 2.24) is 19.6 Å². The lowest BCUT2D eigenvalue weighted by molar-refractivity contribution is 0.140. The summed E-state index contributed by atoms with van der Waals surface area (Å²) < 4.78 is 28.5. The Balaban J connectivity index is 1.90. The normalized spacial score (nSPS) is 14.0. The number of alkyl halides is 2. The van der Waals surface area contributed by atoms with Gasteiger partial charge in [-0.1, -0.05) is 17.7 Å². The number of aryl methyl sites for hydroxylation is 1. The summed E-state index contributed by atoms with van der Waals surface area (Å²) in [5, 5.41) is 33.9. The van der Waals surface area contributed by atoms with E-state index in [4.69, 9.17) is 11.6 Å². The molecule has 4 aromatic rings. The van der Waals surface area contributed by atoms with Crippen LogP contribution >= 0.6 is 11.6 Å². The van der Waals surface area contributed by atoms with Crippen LogP contribution in [0.5, 0.6) is 0 Å². The standard InChI is InChI=1S/C22H14ClF2N7O/c1-10-17(12-4-5-28-18-13(12)2-3-16(23)14(18)6-26)22(31-8-11(33)9-31)32-21(29-10)15(7-27)19(30-32)20(24)25/h2-5,11,20,33H,8-9H2,1H3.